The maximum Gasteiger partial charge on any atom is 0.419 e. The Labute approximate surface area is 82.6 Å². The SMILES string of the molecule is COc1cn(C(=O)OC(C)(C)C)cn1. The predicted octanol–water partition coefficient (Wildman–Crippen LogP) is 1.67. The van der Waals surface area contributed by atoms with Crippen LogP contribution in [0.1, 0.15) is 20.8 Å². The van der Waals surface area contributed by atoms with Gasteiger partial charge in [0.2, 0.25) is 5.88 Å². The molecule has 1 heterocycles. The van der Waals surface area contributed by atoms with Crippen LogP contribution in [0.4, 0.5) is 4.79 Å². The number of nitrogens with zero attached hydrogens (tertiary/aromatic N) is 2. The minimum Gasteiger partial charge on any atom is -0.480 e. The average Bonchev–Trinajstić information content (AvgIpc) is 2.48. The number of rotatable bonds is 1. The molecule has 0 fully saturated rings. The second-order valence-corrected chi connectivity index (χ2v) is 3.80. The third kappa shape index (κ3) is 2.76. The first-order valence-electron chi connectivity index (χ1n) is 4.24. The van der Waals surface area contributed by atoms with Crippen molar-refractivity contribution in [3.63, 3.8) is 0 Å². The molecule has 5 nitrogen and oxygen atoms in total. The van der Waals surface area contributed by atoms with Crippen molar-refractivity contribution in [1.29, 1.82) is 0 Å². The van der Waals surface area contributed by atoms with Gasteiger partial charge in [0.05, 0.1) is 13.3 Å². The molecule has 14 heavy (non-hydrogen) atoms. The van der Waals surface area contributed by atoms with E-state index in [0.29, 0.717) is 5.88 Å². The van der Waals surface area contributed by atoms with Crippen LogP contribution < -0.4 is 4.74 Å². The normalized spacial score (nSPS) is 11.1. The highest BCUT2D eigenvalue weighted by atomic mass is 16.6. The van der Waals surface area contributed by atoms with E-state index in [2.05, 4.69) is 4.98 Å². The molecule has 0 amide bonds. The topological polar surface area (TPSA) is 53.4 Å². The highest BCUT2D eigenvalue weighted by molar-refractivity contribution is 5.70. The molecule has 0 spiro atoms. The molecule has 0 unspecified atom stereocenters. The van der Waals surface area contributed by atoms with Crippen molar-refractivity contribution in [2.24, 2.45) is 0 Å². The minimum atomic E-state index is -0.505. The Morgan fingerprint density at radius 1 is 1.50 bits per heavy atom. The molecule has 1 rings (SSSR count). The third-order valence-electron chi connectivity index (χ3n) is 1.37. The average molecular weight is 198 g/mol. The van der Waals surface area contributed by atoms with Crippen LogP contribution in [0.3, 0.4) is 0 Å². The van der Waals surface area contributed by atoms with Gasteiger partial charge in [-0.2, -0.15) is 0 Å². The van der Waals surface area contributed by atoms with Crippen LogP contribution in [0.15, 0.2) is 12.5 Å². The molecular formula is C9H14N2O3. The van der Waals surface area contributed by atoms with Gasteiger partial charge in [-0.1, -0.05) is 0 Å². The van der Waals surface area contributed by atoms with Crippen molar-refractivity contribution in [2.75, 3.05) is 7.11 Å². The molecule has 0 aliphatic carbocycles. The van der Waals surface area contributed by atoms with E-state index in [1.165, 1.54) is 24.2 Å². The lowest BCUT2D eigenvalue weighted by molar-refractivity contribution is 0.0536. The summed E-state index contributed by atoms with van der Waals surface area (Å²) in [6.07, 6.45) is 2.36. The lowest BCUT2D eigenvalue weighted by Crippen LogP contribution is -2.26. The highest BCUT2D eigenvalue weighted by Gasteiger charge is 2.17. The number of ether oxygens (including phenoxy) is 2. The van der Waals surface area contributed by atoms with E-state index < -0.39 is 11.7 Å². The van der Waals surface area contributed by atoms with Gasteiger partial charge in [-0.25, -0.2) is 14.3 Å². The van der Waals surface area contributed by atoms with Gasteiger partial charge >= 0.3 is 6.09 Å². The van der Waals surface area contributed by atoms with Gasteiger partial charge in [0.25, 0.3) is 0 Å². The van der Waals surface area contributed by atoms with Crippen molar-refractivity contribution >= 4 is 6.09 Å². The van der Waals surface area contributed by atoms with Gasteiger partial charge in [0.15, 0.2) is 0 Å². The smallest absolute Gasteiger partial charge is 0.419 e. The molecule has 0 radical (unpaired) electrons. The molecular weight excluding hydrogens is 184 g/mol. The number of imidazole rings is 1. The molecule has 0 aromatic carbocycles. The quantitative estimate of drug-likeness (QED) is 0.688. The van der Waals surface area contributed by atoms with Crippen molar-refractivity contribution < 1.29 is 14.3 Å². The molecule has 0 aliphatic heterocycles. The van der Waals surface area contributed by atoms with Crippen LogP contribution in [0.25, 0.3) is 0 Å². The van der Waals surface area contributed by atoms with Crippen molar-refractivity contribution in [2.45, 2.75) is 26.4 Å². The number of carbonyl (C=O) groups excluding carboxylic acids is 1. The summed E-state index contributed by atoms with van der Waals surface area (Å²) in [6.45, 7) is 5.41. The molecule has 0 aliphatic rings. The summed E-state index contributed by atoms with van der Waals surface area (Å²) >= 11 is 0. The summed E-state index contributed by atoms with van der Waals surface area (Å²) in [6, 6.07) is 0. The van der Waals surface area contributed by atoms with Gasteiger partial charge in [0, 0.05) is 0 Å². The van der Waals surface area contributed by atoms with E-state index in [-0.39, 0.29) is 0 Å². The number of hydrogen-bond acceptors (Lipinski definition) is 4. The Balaban J connectivity index is 2.70. The van der Waals surface area contributed by atoms with E-state index >= 15 is 0 Å². The van der Waals surface area contributed by atoms with Crippen LogP contribution in [0.2, 0.25) is 0 Å². The Morgan fingerprint density at radius 2 is 2.14 bits per heavy atom. The van der Waals surface area contributed by atoms with E-state index in [1.807, 2.05) is 0 Å². The van der Waals surface area contributed by atoms with Crippen LogP contribution in [-0.4, -0.2) is 28.4 Å². The Bertz CT molecular complexity index is 325. The molecule has 1 aromatic heterocycles. The van der Waals surface area contributed by atoms with Crippen LogP contribution in [0, 0.1) is 0 Å². The zero-order valence-electron chi connectivity index (χ0n) is 8.77. The summed E-state index contributed by atoms with van der Waals surface area (Å²) in [4.78, 5) is 15.3. The van der Waals surface area contributed by atoms with Gasteiger partial charge in [-0.3, -0.25) is 0 Å². The van der Waals surface area contributed by atoms with Crippen molar-refractivity contribution in [3.8, 4) is 5.88 Å². The van der Waals surface area contributed by atoms with Crippen LogP contribution >= 0.6 is 0 Å². The summed E-state index contributed by atoms with van der Waals surface area (Å²) in [5, 5.41) is 0. The molecule has 0 saturated heterocycles. The highest BCUT2D eigenvalue weighted by Crippen LogP contribution is 2.11. The fourth-order valence-corrected chi connectivity index (χ4v) is 0.825. The first-order valence-corrected chi connectivity index (χ1v) is 4.24. The molecule has 5 heteroatoms. The minimum absolute atomic E-state index is 0.385. The third-order valence-corrected chi connectivity index (χ3v) is 1.37. The van der Waals surface area contributed by atoms with Gasteiger partial charge in [-0.15, -0.1) is 0 Å². The zero-order valence-corrected chi connectivity index (χ0v) is 8.77. The second kappa shape index (κ2) is 3.69. The van der Waals surface area contributed by atoms with E-state index in [0.717, 1.165) is 0 Å². The first kappa shape index (κ1) is 10.6. The summed E-state index contributed by atoms with van der Waals surface area (Å²) < 4.78 is 11.2. The largest absolute Gasteiger partial charge is 0.480 e. The summed E-state index contributed by atoms with van der Waals surface area (Å²) in [5.41, 5.74) is -0.505. The van der Waals surface area contributed by atoms with Gasteiger partial charge in [-0.05, 0) is 20.8 Å². The maximum atomic E-state index is 11.4. The molecule has 1 aromatic rings. The molecule has 78 valence electrons. The van der Waals surface area contributed by atoms with E-state index in [4.69, 9.17) is 9.47 Å². The summed E-state index contributed by atoms with van der Waals surface area (Å²) in [7, 11) is 1.49. The number of aromatic nitrogens is 2. The first-order chi connectivity index (χ1) is 6.42. The number of carbonyl (C=O) groups is 1. The monoisotopic (exact) mass is 198 g/mol. The Hall–Kier alpha value is -1.52. The van der Waals surface area contributed by atoms with Gasteiger partial charge < -0.3 is 9.47 Å². The number of methoxy groups -OCH3 is 1. The van der Waals surface area contributed by atoms with Crippen molar-refractivity contribution in [1.82, 2.24) is 9.55 Å². The van der Waals surface area contributed by atoms with Crippen molar-refractivity contribution in [3.05, 3.63) is 12.5 Å². The fourth-order valence-electron chi connectivity index (χ4n) is 0.825. The molecule has 0 atom stereocenters. The summed E-state index contributed by atoms with van der Waals surface area (Å²) in [5.74, 6) is 0.385. The lowest BCUT2D eigenvalue weighted by atomic mass is 10.2. The van der Waals surface area contributed by atoms with E-state index in [9.17, 15) is 4.79 Å². The lowest BCUT2D eigenvalue weighted by Gasteiger charge is -2.18. The molecule has 0 saturated carbocycles. The Morgan fingerprint density at radius 3 is 2.57 bits per heavy atom. The van der Waals surface area contributed by atoms with Crippen LogP contribution in [-0.2, 0) is 4.74 Å². The number of hydrogen-bond donors (Lipinski definition) is 0. The van der Waals surface area contributed by atoms with Gasteiger partial charge in [0.1, 0.15) is 11.9 Å². The second-order valence-electron chi connectivity index (χ2n) is 3.80. The maximum absolute atomic E-state index is 11.4. The van der Waals surface area contributed by atoms with Crippen LogP contribution in [0.5, 0.6) is 5.88 Å². The molecule has 0 N–H and O–H groups in total. The standard InChI is InChI=1S/C9H14N2O3/c1-9(2,3)14-8(12)11-5-7(13-4)10-6-11/h5-6H,1-4H3. The molecule has 0 bridgehead atoms. The fraction of sp³-hybridized carbons (Fsp3) is 0.556. The Kier molecular flexibility index (Phi) is 2.78. The zero-order chi connectivity index (χ0) is 10.8. The van der Waals surface area contributed by atoms with E-state index in [1.54, 1.807) is 20.8 Å². The predicted molar refractivity (Wildman–Crippen MR) is 50.4 cm³/mol.